The first-order chi connectivity index (χ1) is 9.58. The van der Waals surface area contributed by atoms with Gasteiger partial charge in [0.25, 0.3) is 0 Å². The van der Waals surface area contributed by atoms with Crippen LogP contribution < -0.4 is 5.32 Å². The number of nitrogens with zero attached hydrogens (tertiary/aromatic N) is 3. The number of amides is 1. The maximum absolute atomic E-state index is 11.9. The minimum atomic E-state index is 0.0450. The number of nitrogens with one attached hydrogen (secondary N) is 2. The standard InChI is InChI=1S/C14H21N5O/c1-10-12(11(2)19(3)18-10)9-14(20)17-6-4-5-13-15-7-8-16-13/h7-8H,4-6,9H2,1-3H3,(H,15,16)(H,17,20). The van der Waals surface area contributed by atoms with Gasteiger partial charge in [0, 0.05) is 43.7 Å². The van der Waals surface area contributed by atoms with Gasteiger partial charge in [-0.05, 0) is 20.3 Å². The monoisotopic (exact) mass is 275 g/mol. The van der Waals surface area contributed by atoms with E-state index in [9.17, 15) is 4.79 Å². The number of imidazole rings is 1. The number of aromatic nitrogens is 4. The molecule has 0 bridgehead atoms. The Hall–Kier alpha value is -2.11. The molecule has 2 aromatic rings. The van der Waals surface area contributed by atoms with Gasteiger partial charge in [0.15, 0.2) is 0 Å². The van der Waals surface area contributed by atoms with Crippen molar-refractivity contribution in [2.45, 2.75) is 33.1 Å². The highest BCUT2D eigenvalue weighted by Gasteiger charge is 2.12. The predicted octanol–water partition coefficient (Wildman–Crippen LogP) is 1.05. The van der Waals surface area contributed by atoms with E-state index in [4.69, 9.17) is 0 Å². The summed E-state index contributed by atoms with van der Waals surface area (Å²) in [5.74, 6) is 1.00. The zero-order valence-electron chi connectivity index (χ0n) is 12.2. The van der Waals surface area contributed by atoms with Crippen molar-refractivity contribution in [1.29, 1.82) is 0 Å². The van der Waals surface area contributed by atoms with E-state index in [1.807, 2.05) is 31.8 Å². The van der Waals surface area contributed by atoms with Crippen LogP contribution in [0.2, 0.25) is 0 Å². The zero-order chi connectivity index (χ0) is 14.5. The van der Waals surface area contributed by atoms with Crippen molar-refractivity contribution in [3.8, 4) is 0 Å². The molecular formula is C14H21N5O. The number of hydrogen-bond acceptors (Lipinski definition) is 3. The molecule has 0 spiro atoms. The van der Waals surface area contributed by atoms with Gasteiger partial charge in [0.2, 0.25) is 5.91 Å². The summed E-state index contributed by atoms with van der Waals surface area (Å²) in [6, 6.07) is 0. The van der Waals surface area contributed by atoms with Crippen LogP contribution in [0.25, 0.3) is 0 Å². The lowest BCUT2D eigenvalue weighted by atomic mass is 10.1. The van der Waals surface area contributed by atoms with E-state index < -0.39 is 0 Å². The molecule has 0 aliphatic carbocycles. The van der Waals surface area contributed by atoms with Crippen LogP contribution in [-0.4, -0.2) is 32.2 Å². The van der Waals surface area contributed by atoms with Crippen molar-refractivity contribution in [3.63, 3.8) is 0 Å². The highest BCUT2D eigenvalue weighted by molar-refractivity contribution is 5.79. The number of H-pyrrole nitrogens is 1. The summed E-state index contributed by atoms with van der Waals surface area (Å²) in [5, 5.41) is 7.26. The molecule has 1 amide bonds. The van der Waals surface area contributed by atoms with Crippen LogP contribution in [0.15, 0.2) is 12.4 Å². The van der Waals surface area contributed by atoms with E-state index in [2.05, 4.69) is 20.4 Å². The molecule has 108 valence electrons. The third kappa shape index (κ3) is 3.46. The second-order valence-corrected chi connectivity index (χ2v) is 4.94. The number of carbonyl (C=O) groups excluding carboxylic acids is 1. The summed E-state index contributed by atoms with van der Waals surface area (Å²) in [5.41, 5.74) is 3.00. The van der Waals surface area contributed by atoms with Crippen LogP contribution in [0.5, 0.6) is 0 Å². The summed E-state index contributed by atoms with van der Waals surface area (Å²) in [7, 11) is 1.90. The quantitative estimate of drug-likeness (QED) is 0.774. The van der Waals surface area contributed by atoms with E-state index >= 15 is 0 Å². The maximum atomic E-state index is 11.9. The Labute approximate surface area is 118 Å². The van der Waals surface area contributed by atoms with E-state index in [0.29, 0.717) is 13.0 Å². The molecule has 0 fully saturated rings. The number of rotatable bonds is 6. The van der Waals surface area contributed by atoms with Crippen LogP contribution in [0.1, 0.15) is 29.2 Å². The zero-order valence-corrected chi connectivity index (χ0v) is 12.2. The van der Waals surface area contributed by atoms with Gasteiger partial charge in [0.1, 0.15) is 5.82 Å². The second-order valence-electron chi connectivity index (χ2n) is 4.94. The molecule has 0 atom stereocenters. The molecule has 2 heterocycles. The first kappa shape index (κ1) is 14.3. The van der Waals surface area contributed by atoms with Crippen molar-refractivity contribution >= 4 is 5.91 Å². The minimum Gasteiger partial charge on any atom is -0.356 e. The molecule has 0 saturated carbocycles. The number of carbonyl (C=O) groups is 1. The molecule has 6 heteroatoms. The molecule has 20 heavy (non-hydrogen) atoms. The van der Waals surface area contributed by atoms with Gasteiger partial charge in [-0.2, -0.15) is 5.10 Å². The molecular weight excluding hydrogens is 254 g/mol. The Morgan fingerprint density at radius 2 is 2.25 bits per heavy atom. The summed E-state index contributed by atoms with van der Waals surface area (Å²) in [6.07, 6.45) is 5.67. The Morgan fingerprint density at radius 1 is 1.45 bits per heavy atom. The third-order valence-corrected chi connectivity index (χ3v) is 3.46. The topological polar surface area (TPSA) is 75.6 Å². The molecule has 2 N–H and O–H groups in total. The summed E-state index contributed by atoms with van der Waals surface area (Å²) in [6.45, 7) is 4.59. The largest absolute Gasteiger partial charge is 0.356 e. The molecule has 0 aliphatic rings. The van der Waals surface area contributed by atoms with E-state index in [1.54, 1.807) is 6.20 Å². The lowest BCUT2D eigenvalue weighted by Gasteiger charge is -2.05. The van der Waals surface area contributed by atoms with Gasteiger partial charge in [-0.3, -0.25) is 9.48 Å². The Balaban J connectivity index is 1.75. The van der Waals surface area contributed by atoms with Crippen LogP contribution in [0.3, 0.4) is 0 Å². The highest BCUT2D eigenvalue weighted by atomic mass is 16.1. The smallest absolute Gasteiger partial charge is 0.224 e. The fourth-order valence-corrected chi connectivity index (χ4v) is 2.21. The van der Waals surface area contributed by atoms with Gasteiger partial charge in [-0.15, -0.1) is 0 Å². The van der Waals surface area contributed by atoms with Crippen LogP contribution >= 0.6 is 0 Å². The van der Waals surface area contributed by atoms with Crippen molar-refractivity contribution < 1.29 is 4.79 Å². The average molecular weight is 275 g/mol. The summed E-state index contributed by atoms with van der Waals surface area (Å²) < 4.78 is 1.81. The van der Waals surface area contributed by atoms with Crippen molar-refractivity contribution in [1.82, 2.24) is 25.1 Å². The minimum absolute atomic E-state index is 0.0450. The second kappa shape index (κ2) is 6.36. The highest BCUT2D eigenvalue weighted by Crippen LogP contribution is 2.12. The van der Waals surface area contributed by atoms with Crippen molar-refractivity contribution in [2.75, 3.05) is 6.54 Å². The molecule has 2 rings (SSSR count). The normalized spacial score (nSPS) is 10.8. The van der Waals surface area contributed by atoms with Crippen LogP contribution in [0, 0.1) is 13.8 Å². The number of hydrogen-bond donors (Lipinski definition) is 2. The SMILES string of the molecule is Cc1nn(C)c(C)c1CC(=O)NCCCc1ncc[nH]1. The molecule has 6 nitrogen and oxygen atoms in total. The lowest BCUT2D eigenvalue weighted by Crippen LogP contribution is -2.26. The fourth-order valence-electron chi connectivity index (χ4n) is 2.21. The summed E-state index contributed by atoms with van der Waals surface area (Å²) in [4.78, 5) is 19.1. The lowest BCUT2D eigenvalue weighted by molar-refractivity contribution is -0.120. The van der Waals surface area contributed by atoms with Crippen LogP contribution in [-0.2, 0) is 24.7 Å². The van der Waals surface area contributed by atoms with Gasteiger partial charge in [-0.1, -0.05) is 0 Å². The molecule has 2 aromatic heterocycles. The molecule has 0 aromatic carbocycles. The first-order valence-electron chi connectivity index (χ1n) is 6.82. The molecule has 0 aliphatic heterocycles. The van der Waals surface area contributed by atoms with Crippen molar-refractivity contribution in [3.05, 3.63) is 35.2 Å². The average Bonchev–Trinajstić information content (AvgIpc) is 3.00. The fraction of sp³-hybridized carbons (Fsp3) is 0.500. The molecule has 0 radical (unpaired) electrons. The van der Waals surface area contributed by atoms with Crippen LogP contribution in [0.4, 0.5) is 0 Å². The Bertz CT molecular complexity index is 571. The predicted molar refractivity (Wildman–Crippen MR) is 76.3 cm³/mol. The number of aromatic amines is 1. The van der Waals surface area contributed by atoms with Gasteiger partial charge < -0.3 is 10.3 Å². The van der Waals surface area contributed by atoms with Crippen molar-refractivity contribution in [2.24, 2.45) is 7.05 Å². The number of aryl methyl sites for hydroxylation is 3. The summed E-state index contributed by atoms with van der Waals surface area (Å²) >= 11 is 0. The van der Waals surface area contributed by atoms with Gasteiger partial charge in [0.05, 0.1) is 12.1 Å². The Morgan fingerprint density at radius 3 is 2.85 bits per heavy atom. The molecule has 0 unspecified atom stereocenters. The first-order valence-corrected chi connectivity index (χ1v) is 6.82. The van der Waals surface area contributed by atoms with Gasteiger partial charge >= 0.3 is 0 Å². The molecule has 0 saturated heterocycles. The Kier molecular flexibility index (Phi) is 4.55. The van der Waals surface area contributed by atoms with Gasteiger partial charge in [-0.25, -0.2) is 4.98 Å². The van der Waals surface area contributed by atoms with E-state index in [0.717, 1.165) is 35.6 Å². The van der Waals surface area contributed by atoms with E-state index in [-0.39, 0.29) is 5.91 Å². The maximum Gasteiger partial charge on any atom is 0.224 e. The third-order valence-electron chi connectivity index (χ3n) is 3.46. The van der Waals surface area contributed by atoms with E-state index in [1.165, 1.54) is 0 Å².